The summed E-state index contributed by atoms with van der Waals surface area (Å²) in [6.45, 7) is 9.01. The van der Waals surface area contributed by atoms with Gasteiger partial charge in [0.15, 0.2) is 5.82 Å². The normalized spacial score (nSPS) is 19.6. The lowest BCUT2D eigenvalue weighted by atomic mass is 10.1. The van der Waals surface area contributed by atoms with E-state index in [2.05, 4.69) is 27.1 Å². The minimum absolute atomic E-state index is 0.460. The van der Waals surface area contributed by atoms with Crippen molar-refractivity contribution in [2.45, 2.75) is 20.3 Å². The summed E-state index contributed by atoms with van der Waals surface area (Å²) >= 11 is 0. The van der Waals surface area contributed by atoms with E-state index in [-0.39, 0.29) is 0 Å². The molecule has 1 atom stereocenters. The quantitative estimate of drug-likeness (QED) is 0.805. The maximum absolute atomic E-state index is 5.98. The highest BCUT2D eigenvalue weighted by molar-refractivity contribution is 5.66. The molecule has 6 heteroatoms. The van der Waals surface area contributed by atoms with Crippen molar-refractivity contribution >= 4 is 11.5 Å². The molecule has 1 aliphatic rings. The van der Waals surface area contributed by atoms with Crippen molar-refractivity contribution in [2.24, 2.45) is 5.92 Å². The average Bonchev–Trinajstić information content (AvgIpc) is 2.88. The Labute approximate surface area is 114 Å². The summed E-state index contributed by atoms with van der Waals surface area (Å²) in [7, 11) is 0. The number of hydrogen-bond acceptors (Lipinski definition) is 6. The van der Waals surface area contributed by atoms with E-state index >= 15 is 0 Å². The summed E-state index contributed by atoms with van der Waals surface area (Å²) in [5.41, 5.74) is 6.48. The first kappa shape index (κ1) is 13.9. The van der Waals surface area contributed by atoms with Crippen LogP contribution in [0.25, 0.3) is 0 Å². The smallest absolute Gasteiger partial charge is 0.242 e. The molecule has 2 heterocycles. The van der Waals surface area contributed by atoms with Gasteiger partial charge in [0.1, 0.15) is 12.0 Å². The molecular formula is C13H23N5O. The number of ether oxygens (including phenoxy) is 1. The molecule has 19 heavy (non-hydrogen) atoms. The van der Waals surface area contributed by atoms with E-state index in [9.17, 15) is 0 Å². The lowest BCUT2D eigenvalue weighted by molar-refractivity contribution is 0.328. The van der Waals surface area contributed by atoms with Crippen LogP contribution in [0.4, 0.5) is 11.5 Å². The van der Waals surface area contributed by atoms with Crippen molar-refractivity contribution in [3.63, 3.8) is 0 Å². The molecule has 106 valence electrons. The number of nitrogen functional groups attached to an aromatic ring is 1. The number of hydrogen-bond donors (Lipinski definition) is 2. The number of nitrogens with one attached hydrogen (secondary N) is 1. The number of nitrogens with zero attached hydrogens (tertiary/aromatic N) is 3. The van der Waals surface area contributed by atoms with Crippen LogP contribution in [0.2, 0.25) is 0 Å². The first-order valence-corrected chi connectivity index (χ1v) is 6.94. The summed E-state index contributed by atoms with van der Waals surface area (Å²) in [5, 5.41) is 3.32. The van der Waals surface area contributed by atoms with Gasteiger partial charge in [-0.05, 0) is 32.4 Å². The molecule has 0 aromatic carbocycles. The average molecular weight is 265 g/mol. The maximum Gasteiger partial charge on any atom is 0.242 e. The van der Waals surface area contributed by atoms with Crippen LogP contribution in [-0.2, 0) is 0 Å². The van der Waals surface area contributed by atoms with E-state index in [0.29, 0.717) is 29.9 Å². The molecule has 2 rings (SSSR count). The van der Waals surface area contributed by atoms with Crippen molar-refractivity contribution in [1.29, 1.82) is 0 Å². The summed E-state index contributed by atoms with van der Waals surface area (Å²) in [4.78, 5) is 10.7. The summed E-state index contributed by atoms with van der Waals surface area (Å²) in [6, 6.07) is 0. The van der Waals surface area contributed by atoms with E-state index in [1.165, 1.54) is 19.3 Å². The predicted molar refractivity (Wildman–Crippen MR) is 76.3 cm³/mol. The van der Waals surface area contributed by atoms with Gasteiger partial charge in [0.25, 0.3) is 0 Å². The van der Waals surface area contributed by atoms with Gasteiger partial charge in [-0.15, -0.1) is 0 Å². The van der Waals surface area contributed by atoms with Gasteiger partial charge >= 0.3 is 0 Å². The lowest BCUT2D eigenvalue weighted by Gasteiger charge is -2.15. The van der Waals surface area contributed by atoms with Crippen LogP contribution in [0, 0.1) is 5.92 Å². The Morgan fingerprint density at radius 1 is 1.47 bits per heavy atom. The second-order valence-corrected chi connectivity index (χ2v) is 4.80. The van der Waals surface area contributed by atoms with Crippen LogP contribution >= 0.6 is 0 Å². The Balaban J connectivity index is 1.91. The van der Waals surface area contributed by atoms with Crippen molar-refractivity contribution in [2.75, 3.05) is 43.8 Å². The molecule has 0 aliphatic carbocycles. The standard InChI is InChI=1S/C13H23N5O/c1-3-18-6-5-10(8-18)7-15-12-11(14)13(19-4-2)17-9-16-12/h9-10H,3-8,14H2,1-2H3,(H,15,16,17). The van der Waals surface area contributed by atoms with Crippen molar-refractivity contribution in [1.82, 2.24) is 14.9 Å². The molecule has 0 bridgehead atoms. The Hall–Kier alpha value is -1.56. The molecule has 0 spiro atoms. The molecular weight excluding hydrogens is 242 g/mol. The summed E-state index contributed by atoms with van der Waals surface area (Å²) in [6.07, 6.45) is 2.71. The van der Waals surface area contributed by atoms with Crippen molar-refractivity contribution in [3.05, 3.63) is 6.33 Å². The van der Waals surface area contributed by atoms with E-state index < -0.39 is 0 Å². The number of nitrogens with two attached hydrogens (primary N) is 1. The van der Waals surface area contributed by atoms with E-state index in [4.69, 9.17) is 10.5 Å². The first-order chi connectivity index (χ1) is 9.24. The van der Waals surface area contributed by atoms with Gasteiger partial charge < -0.3 is 20.7 Å². The van der Waals surface area contributed by atoms with Gasteiger partial charge in [-0.25, -0.2) is 4.98 Å². The maximum atomic E-state index is 5.98. The molecule has 1 saturated heterocycles. The van der Waals surface area contributed by atoms with Crippen LogP contribution in [-0.4, -0.2) is 47.7 Å². The second-order valence-electron chi connectivity index (χ2n) is 4.80. The van der Waals surface area contributed by atoms with Crippen LogP contribution in [0.1, 0.15) is 20.3 Å². The SMILES string of the molecule is CCOc1ncnc(NCC2CCN(CC)C2)c1N. The fourth-order valence-corrected chi connectivity index (χ4v) is 2.38. The van der Waals surface area contributed by atoms with Gasteiger partial charge in [-0.2, -0.15) is 4.98 Å². The topological polar surface area (TPSA) is 76.3 Å². The predicted octanol–water partition coefficient (Wildman–Crippen LogP) is 1.21. The third-order valence-corrected chi connectivity index (χ3v) is 3.50. The van der Waals surface area contributed by atoms with E-state index in [1.807, 2.05) is 6.92 Å². The molecule has 1 fully saturated rings. The fourth-order valence-electron chi connectivity index (χ4n) is 2.38. The first-order valence-electron chi connectivity index (χ1n) is 6.94. The zero-order chi connectivity index (χ0) is 13.7. The van der Waals surface area contributed by atoms with Gasteiger partial charge in [0.2, 0.25) is 5.88 Å². The fraction of sp³-hybridized carbons (Fsp3) is 0.692. The third kappa shape index (κ3) is 3.47. The number of rotatable bonds is 6. The van der Waals surface area contributed by atoms with Gasteiger partial charge in [-0.1, -0.05) is 6.92 Å². The highest BCUT2D eigenvalue weighted by Gasteiger charge is 2.21. The number of likely N-dealkylation sites (tertiary alicyclic amines) is 1. The van der Waals surface area contributed by atoms with Crippen LogP contribution in [0.15, 0.2) is 6.33 Å². The van der Waals surface area contributed by atoms with Crippen molar-refractivity contribution < 1.29 is 4.74 Å². The Morgan fingerprint density at radius 3 is 3.00 bits per heavy atom. The molecule has 0 radical (unpaired) electrons. The van der Waals surface area contributed by atoms with Crippen LogP contribution in [0.3, 0.4) is 0 Å². The van der Waals surface area contributed by atoms with E-state index in [0.717, 1.165) is 19.6 Å². The molecule has 6 nitrogen and oxygen atoms in total. The zero-order valence-corrected chi connectivity index (χ0v) is 11.7. The summed E-state index contributed by atoms with van der Waals surface area (Å²) in [5.74, 6) is 1.79. The van der Waals surface area contributed by atoms with Crippen molar-refractivity contribution in [3.8, 4) is 5.88 Å². The number of anilines is 2. The number of aromatic nitrogens is 2. The summed E-state index contributed by atoms with van der Waals surface area (Å²) < 4.78 is 5.36. The molecule has 1 aliphatic heterocycles. The third-order valence-electron chi connectivity index (χ3n) is 3.50. The highest BCUT2D eigenvalue weighted by Crippen LogP contribution is 2.25. The Morgan fingerprint density at radius 2 is 2.32 bits per heavy atom. The molecule has 1 unspecified atom stereocenters. The molecule has 1 aromatic heterocycles. The lowest BCUT2D eigenvalue weighted by Crippen LogP contribution is -2.23. The largest absolute Gasteiger partial charge is 0.476 e. The Kier molecular flexibility index (Phi) is 4.79. The van der Waals surface area contributed by atoms with Gasteiger partial charge in [0, 0.05) is 13.1 Å². The monoisotopic (exact) mass is 265 g/mol. The minimum Gasteiger partial charge on any atom is -0.476 e. The van der Waals surface area contributed by atoms with Crippen LogP contribution < -0.4 is 15.8 Å². The zero-order valence-electron chi connectivity index (χ0n) is 11.7. The van der Waals surface area contributed by atoms with Gasteiger partial charge in [0.05, 0.1) is 6.61 Å². The molecule has 0 saturated carbocycles. The highest BCUT2D eigenvalue weighted by atomic mass is 16.5. The molecule has 3 N–H and O–H groups in total. The minimum atomic E-state index is 0.460. The van der Waals surface area contributed by atoms with Gasteiger partial charge in [-0.3, -0.25) is 0 Å². The van der Waals surface area contributed by atoms with E-state index in [1.54, 1.807) is 0 Å². The van der Waals surface area contributed by atoms with Crippen LogP contribution in [0.5, 0.6) is 5.88 Å². The molecule has 0 amide bonds. The Bertz CT molecular complexity index is 412. The second kappa shape index (κ2) is 6.56. The molecule has 1 aromatic rings.